The normalized spacial score (nSPS) is 10.3. The SMILES string of the molecule is Brc1ccoc1CNc1ccccc1I. The van der Waals surface area contributed by atoms with Crippen LogP contribution in [0.3, 0.4) is 0 Å². The first-order valence-electron chi connectivity index (χ1n) is 4.47. The number of rotatable bonds is 3. The van der Waals surface area contributed by atoms with Crippen molar-refractivity contribution in [2.75, 3.05) is 5.32 Å². The summed E-state index contributed by atoms with van der Waals surface area (Å²) in [7, 11) is 0. The number of anilines is 1. The molecule has 0 unspecified atom stereocenters. The molecule has 2 aromatic rings. The number of hydrogen-bond acceptors (Lipinski definition) is 2. The minimum absolute atomic E-state index is 0.688. The highest BCUT2D eigenvalue weighted by Crippen LogP contribution is 2.21. The molecule has 1 aromatic heterocycles. The molecule has 2 rings (SSSR count). The van der Waals surface area contributed by atoms with Gasteiger partial charge in [-0.3, -0.25) is 0 Å². The highest BCUT2D eigenvalue weighted by molar-refractivity contribution is 14.1. The average Bonchev–Trinajstić information content (AvgIpc) is 2.63. The third-order valence-electron chi connectivity index (χ3n) is 2.00. The molecule has 0 atom stereocenters. The van der Waals surface area contributed by atoms with Crippen LogP contribution in [0.1, 0.15) is 5.76 Å². The zero-order chi connectivity index (χ0) is 10.7. The van der Waals surface area contributed by atoms with Gasteiger partial charge in [0, 0.05) is 9.26 Å². The van der Waals surface area contributed by atoms with Gasteiger partial charge in [-0.15, -0.1) is 0 Å². The minimum Gasteiger partial charge on any atom is -0.466 e. The number of para-hydroxylation sites is 1. The Hall–Kier alpha value is -0.490. The molecule has 0 aliphatic rings. The third kappa shape index (κ3) is 2.75. The second-order valence-electron chi connectivity index (χ2n) is 3.03. The number of hydrogen-bond donors (Lipinski definition) is 1. The molecule has 0 bridgehead atoms. The van der Waals surface area contributed by atoms with Crippen molar-refractivity contribution in [2.24, 2.45) is 0 Å². The van der Waals surface area contributed by atoms with Crippen LogP contribution in [0, 0.1) is 3.57 Å². The zero-order valence-electron chi connectivity index (χ0n) is 7.84. The molecule has 4 heteroatoms. The van der Waals surface area contributed by atoms with E-state index in [1.807, 2.05) is 18.2 Å². The van der Waals surface area contributed by atoms with Crippen LogP contribution in [0.2, 0.25) is 0 Å². The van der Waals surface area contributed by atoms with E-state index in [1.165, 1.54) is 3.57 Å². The largest absolute Gasteiger partial charge is 0.466 e. The molecule has 15 heavy (non-hydrogen) atoms. The van der Waals surface area contributed by atoms with Crippen molar-refractivity contribution in [1.29, 1.82) is 0 Å². The van der Waals surface area contributed by atoms with Gasteiger partial charge in [-0.1, -0.05) is 12.1 Å². The number of nitrogens with one attached hydrogen (secondary N) is 1. The predicted molar refractivity (Wildman–Crippen MR) is 72.9 cm³/mol. The Kier molecular flexibility index (Phi) is 3.69. The standard InChI is InChI=1S/C11H9BrINO/c12-8-5-6-15-11(8)7-14-10-4-2-1-3-9(10)13/h1-6,14H,7H2. The second-order valence-corrected chi connectivity index (χ2v) is 5.04. The van der Waals surface area contributed by atoms with Crippen molar-refractivity contribution >= 4 is 44.2 Å². The van der Waals surface area contributed by atoms with E-state index >= 15 is 0 Å². The molecule has 0 aliphatic heterocycles. The summed E-state index contributed by atoms with van der Waals surface area (Å²) in [5.41, 5.74) is 1.13. The van der Waals surface area contributed by atoms with Crippen molar-refractivity contribution in [3.8, 4) is 0 Å². The first kappa shape index (κ1) is 11.0. The lowest BCUT2D eigenvalue weighted by Gasteiger charge is -2.06. The molecule has 1 aromatic carbocycles. The Bertz CT molecular complexity index is 455. The van der Waals surface area contributed by atoms with E-state index in [1.54, 1.807) is 6.26 Å². The molecular weight excluding hydrogens is 369 g/mol. The number of halogens is 2. The maximum Gasteiger partial charge on any atom is 0.136 e. The van der Waals surface area contributed by atoms with Crippen LogP contribution in [0.4, 0.5) is 5.69 Å². The van der Waals surface area contributed by atoms with Crippen molar-refractivity contribution < 1.29 is 4.42 Å². The maximum absolute atomic E-state index is 5.31. The van der Waals surface area contributed by atoms with Gasteiger partial charge in [0.25, 0.3) is 0 Å². The fourth-order valence-electron chi connectivity index (χ4n) is 1.23. The van der Waals surface area contributed by atoms with E-state index in [-0.39, 0.29) is 0 Å². The quantitative estimate of drug-likeness (QED) is 0.808. The summed E-state index contributed by atoms with van der Waals surface area (Å²) in [5, 5.41) is 3.32. The fourth-order valence-corrected chi connectivity index (χ4v) is 2.15. The lowest BCUT2D eigenvalue weighted by Crippen LogP contribution is -2.00. The van der Waals surface area contributed by atoms with Crippen LogP contribution >= 0.6 is 38.5 Å². The summed E-state index contributed by atoms with van der Waals surface area (Å²) in [5.74, 6) is 0.912. The van der Waals surface area contributed by atoms with E-state index in [4.69, 9.17) is 4.42 Å². The molecule has 1 heterocycles. The van der Waals surface area contributed by atoms with Gasteiger partial charge in [0.15, 0.2) is 0 Å². The van der Waals surface area contributed by atoms with Crippen molar-refractivity contribution in [3.63, 3.8) is 0 Å². The smallest absolute Gasteiger partial charge is 0.136 e. The van der Waals surface area contributed by atoms with Crippen molar-refractivity contribution in [2.45, 2.75) is 6.54 Å². The summed E-state index contributed by atoms with van der Waals surface area (Å²) in [6.45, 7) is 0.688. The van der Waals surface area contributed by atoms with Crippen LogP contribution in [0.25, 0.3) is 0 Å². The molecular formula is C11H9BrINO. The third-order valence-corrected chi connectivity index (χ3v) is 3.65. The van der Waals surface area contributed by atoms with Gasteiger partial charge in [-0.25, -0.2) is 0 Å². The van der Waals surface area contributed by atoms with E-state index in [0.717, 1.165) is 15.9 Å². The van der Waals surface area contributed by atoms with Crippen molar-refractivity contribution in [1.82, 2.24) is 0 Å². The zero-order valence-corrected chi connectivity index (χ0v) is 11.6. The predicted octanol–water partition coefficient (Wildman–Crippen LogP) is 4.26. The summed E-state index contributed by atoms with van der Waals surface area (Å²) >= 11 is 5.73. The first-order chi connectivity index (χ1) is 7.27. The molecule has 0 fully saturated rings. The Morgan fingerprint density at radius 1 is 1.27 bits per heavy atom. The fraction of sp³-hybridized carbons (Fsp3) is 0.0909. The summed E-state index contributed by atoms with van der Waals surface area (Å²) < 4.78 is 7.52. The first-order valence-corrected chi connectivity index (χ1v) is 6.35. The van der Waals surface area contributed by atoms with E-state index in [2.05, 4.69) is 56.0 Å². The summed E-state index contributed by atoms with van der Waals surface area (Å²) in [6.07, 6.45) is 1.68. The number of benzene rings is 1. The van der Waals surface area contributed by atoms with Gasteiger partial charge in [-0.2, -0.15) is 0 Å². The Morgan fingerprint density at radius 2 is 2.07 bits per heavy atom. The van der Waals surface area contributed by atoms with Gasteiger partial charge in [0.05, 0.1) is 17.3 Å². The molecule has 0 saturated carbocycles. The van der Waals surface area contributed by atoms with Crippen LogP contribution < -0.4 is 5.32 Å². The minimum atomic E-state index is 0.688. The van der Waals surface area contributed by atoms with Gasteiger partial charge in [-0.05, 0) is 56.7 Å². The molecule has 0 saturated heterocycles. The summed E-state index contributed by atoms with van der Waals surface area (Å²) in [4.78, 5) is 0. The van der Waals surface area contributed by atoms with Crippen LogP contribution in [0.15, 0.2) is 45.5 Å². The van der Waals surface area contributed by atoms with Gasteiger partial charge >= 0.3 is 0 Å². The second kappa shape index (κ2) is 5.03. The molecule has 0 aliphatic carbocycles. The average molecular weight is 378 g/mol. The maximum atomic E-state index is 5.31. The Morgan fingerprint density at radius 3 is 2.73 bits per heavy atom. The lowest BCUT2D eigenvalue weighted by molar-refractivity contribution is 0.516. The molecule has 0 radical (unpaired) electrons. The highest BCUT2D eigenvalue weighted by Gasteiger charge is 2.03. The molecule has 2 nitrogen and oxygen atoms in total. The van der Waals surface area contributed by atoms with Crippen LogP contribution in [-0.2, 0) is 6.54 Å². The van der Waals surface area contributed by atoms with Crippen molar-refractivity contribution in [3.05, 3.63) is 50.4 Å². The Balaban J connectivity index is 2.06. The topological polar surface area (TPSA) is 25.2 Å². The molecule has 0 spiro atoms. The monoisotopic (exact) mass is 377 g/mol. The van der Waals surface area contributed by atoms with Gasteiger partial charge in [0.1, 0.15) is 5.76 Å². The van der Waals surface area contributed by atoms with Crippen LogP contribution in [0.5, 0.6) is 0 Å². The molecule has 78 valence electrons. The Labute approximate surface area is 110 Å². The highest BCUT2D eigenvalue weighted by atomic mass is 127. The number of furan rings is 1. The van der Waals surface area contributed by atoms with Gasteiger partial charge < -0.3 is 9.73 Å². The molecule has 0 amide bonds. The van der Waals surface area contributed by atoms with Gasteiger partial charge in [0.2, 0.25) is 0 Å². The molecule has 1 N–H and O–H groups in total. The van der Waals surface area contributed by atoms with E-state index in [0.29, 0.717) is 6.54 Å². The lowest BCUT2D eigenvalue weighted by atomic mass is 10.3. The van der Waals surface area contributed by atoms with E-state index in [9.17, 15) is 0 Å². The summed E-state index contributed by atoms with van der Waals surface area (Å²) in [6, 6.07) is 10.1. The van der Waals surface area contributed by atoms with Crippen LogP contribution in [-0.4, -0.2) is 0 Å². The van der Waals surface area contributed by atoms with E-state index < -0.39 is 0 Å².